The third kappa shape index (κ3) is 3.20. The molecule has 0 bridgehead atoms. The Balaban J connectivity index is 2.09. The summed E-state index contributed by atoms with van der Waals surface area (Å²) in [5, 5.41) is 11.0. The third-order valence-electron chi connectivity index (χ3n) is 4.52. The van der Waals surface area contributed by atoms with E-state index in [1.54, 1.807) is 0 Å². The van der Waals surface area contributed by atoms with Crippen LogP contribution in [0.1, 0.15) is 53.4 Å². The first-order valence-corrected chi connectivity index (χ1v) is 7.99. The molecule has 2 heterocycles. The molecule has 0 spiro atoms. The van der Waals surface area contributed by atoms with E-state index in [-0.39, 0.29) is 30.4 Å². The Morgan fingerprint density at radius 3 is 2.91 bits per heavy atom. The fourth-order valence-corrected chi connectivity index (χ4v) is 3.46. The van der Waals surface area contributed by atoms with Crippen molar-refractivity contribution in [1.82, 2.24) is 4.90 Å². The van der Waals surface area contributed by atoms with Gasteiger partial charge in [-0.1, -0.05) is 13.8 Å². The molecule has 128 valence electrons. The molecule has 2 aliphatic heterocycles. The number of hydrogen-bond acceptors (Lipinski definition) is 4. The topological polar surface area (TPSA) is 41.9 Å². The van der Waals surface area contributed by atoms with E-state index in [9.17, 15) is 5.11 Å². The van der Waals surface area contributed by atoms with Crippen LogP contribution in [0.5, 0.6) is 11.5 Å². The van der Waals surface area contributed by atoms with Gasteiger partial charge in [-0.05, 0) is 54.3 Å². The minimum Gasteiger partial charge on any atom is -0.493 e. The fraction of sp³-hybridized carbons (Fsp3) is 0.684. The van der Waals surface area contributed by atoms with E-state index in [1.807, 2.05) is 18.7 Å². The molecule has 0 aliphatic carbocycles. The number of benzene rings is 1. The molecule has 1 fully saturated rings. The summed E-state index contributed by atoms with van der Waals surface area (Å²) >= 11 is 0. The smallest absolute Gasteiger partial charge is 0.161 e. The SMILES string of the molecule is [2H]C([2H])([2H])Oc1cc2c(cc1OC)C1N(CC2)CC([2H])(CC(C)C)C([2H])(O)C1([2H])[2H]. The van der Waals surface area contributed by atoms with Gasteiger partial charge in [-0.15, -0.1) is 0 Å². The Morgan fingerprint density at radius 2 is 2.22 bits per heavy atom. The second-order valence-electron chi connectivity index (χ2n) is 6.62. The Hall–Kier alpha value is -1.26. The highest BCUT2D eigenvalue weighted by Crippen LogP contribution is 2.43. The van der Waals surface area contributed by atoms with Crippen LogP contribution in [-0.4, -0.2) is 43.3 Å². The average molecular weight is 326 g/mol. The second kappa shape index (κ2) is 6.70. The van der Waals surface area contributed by atoms with E-state index in [0.29, 0.717) is 24.1 Å². The van der Waals surface area contributed by atoms with Crippen LogP contribution in [0, 0.1) is 11.8 Å². The highest BCUT2D eigenvalue weighted by molar-refractivity contribution is 5.49. The maximum absolute atomic E-state index is 11.0. The summed E-state index contributed by atoms with van der Waals surface area (Å²) in [6.07, 6.45) is -4.40. The van der Waals surface area contributed by atoms with Gasteiger partial charge in [0.05, 0.1) is 25.7 Å². The lowest BCUT2D eigenvalue weighted by Crippen LogP contribution is -2.48. The first-order chi connectivity index (χ1) is 13.6. The van der Waals surface area contributed by atoms with Crippen LogP contribution in [0.2, 0.25) is 0 Å². The lowest BCUT2D eigenvalue weighted by atomic mass is 9.79. The molecule has 1 aromatic rings. The molecule has 3 atom stereocenters. The number of methoxy groups -OCH3 is 2. The predicted molar refractivity (Wildman–Crippen MR) is 91.1 cm³/mol. The van der Waals surface area contributed by atoms with E-state index in [1.165, 1.54) is 19.2 Å². The molecule has 0 radical (unpaired) electrons. The predicted octanol–water partition coefficient (Wildman–Crippen LogP) is 3.03. The molecule has 4 heteroatoms. The molecule has 23 heavy (non-hydrogen) atoms. The van der Waals surface area contributed by atoms with Gasteiger partial charge in [-0.25, -0.2) is 0 Å². The van der Waals surface area contributed by atoms with Crippen molar-refractivity contribution in [3.8, 4) is 11.5 Å². The van der Waals surface area contributed by atoms with Crippen molar-refractivity contribution in [3.05, 3.63) is 23.3 Å². The quantitative estimate of drug-likeness (QED) is 0.923. The number of aliphatic hydroxyl groups is 1. The molecule has 1 aromatic carbocycles. The zero-order valence-corrected chi connectivity index (χ0v) is 13.8. The van der Waals surface area contributed by atoms with E-state index in [2.05, 4.69) is 0 Å². The van der Waals surface area contributed by atoms with Gasteiger partial charge in [-0.3, -0.25) is 4.90 Å². The summed E-state index contributed by atoms with van der Waals surface area (Å²) in [5.41, 5.74) is 1.19. The van der Waals surface area contributed by atoms with Crippen LogP contribution in [0.15, 0.2) is 12.1 Å². The third-order valence-corrected chi connectivity index (χ3v) is 4.52. The zero-order valence-electron chi connectivity index (χ0n) is 20.8. The van der Waals surface area contributed by atoms with Gasteiger partial charge in [-0.2, -0.15) is 0 Å². The molecule has 3 rings (SSSR count). The molecule has 0 saturated carbocycles. The molecule has 3 unspecified atom stereocenters. The number of ether oxygens (including phenoxy) is 2. The van der Waals surface area contributed by atoms with Gasteiger partial charge in [0, 0.05) is 23.2 Å². The fourth-order valence-electron chi connectivity index (χ4n) is 3.46. The monoisotopic (exact) mass is 326 g/mol. The molecule has 0 aromatic heterocycles. The maximum atomic E-state index is 11.0. The van der Waals surface area contributed by atoms with Crippen LogP contribution >= 0.6 is 0 Å². The molecular weight excluding hydrogens is 290 g/mol. The first kappa shape index (κ1) is 9.90. The number of nitrogens with zero attached hydrogens (tertiary/aromatic N) is 1. The van der Waals surface area contributed by atoms with Crippen molar-refractivity contribution in [2.45, 2.75) is 45.2 Å². The highest BCUT2D eigenvalue weighted by atomic mass is 16.5. The van der Waals surface area contributed by atoms with Crippen LogP contribution < -0.4 is 9.47 Å². The number of rotatable bonds is 4. The van der Waals surface area contributed by atoms with Gasteiger partial charge >= 0.3 is 0 Å². The first-order valence-electron chi connectivity index (χ1n) is 11.5. The van der Waals surface area contributed by atoms with Gasteiger partial charge in [0.2, 0.25) is 0 Å². The van der Waals surface area contributed by atoms with Crippen molar-refractivity contribution in [2.24, 2.45) is 11.8 Å². The molecule has 2 aliphatic rings. The Bertz CT molecular complexity index is 812. The highest BCUT2D eigenvalue weighted by Gasteiger charge is 2.38. The lowest BCUT2D eigenvalue weighted by molar-refractivity contribution is -0.0191. The molecule has 1 saturated heterocycles. The van der Waals surface area contributed by atoms with E-state index in [0.717, 1.165) is 0 Å². The summed E-state index contributed by atoms with van der Waals surface area (Å²) in [4.78, 5) is 1.81. The van der Waals surface area contributed by atoms with Gasteiger partial charge in [0.15, 0.2) is 11.5 Å². The summed E-state index contributed by atoms with van der Waals surface area (Å²) in [5.74, 6) is -1.49. The van der Waals surface area contributed by atoms with Crippen LogP contribution in [0.4, 0.5) is 0 Å². The Labute approximate surface area is 149 Å². The minimum atomic E-state index is -2.66. The standard InChI is InChI=1S/C19H29NO3/c1-12(2)7-14-11-20-6-5-13-8-18(22-3)19(23-4)9-15(13)16(20)10-17(14)21/h8-9,12,14,16-17,21H,5-7,10-11H2,1-4H3/i3D3,10D2,14D,17D. The number of fused-ring (bicyclic) bond motifs is 3. The van der Waals surface area contributed by atoms with Crippen LogP contribution in [0.25, 0.3) is 0 Å². The van der Waals surface area contributed by atoms with Crippen molar-refractivity contribution < 1.29 is 24.2 Å². The number of hydrogen-bond donors (Lipinski definition) is 1. The lowest BCUT2D eigenvalue weighted by Gasteiger charge is -2.46. The van der Waals surface area contributed by atoms with Crippen molar-refractivity contribution >= 4 is 0 Å². The normalized spacial score (nSPS) is 41.1. The summed E-state index contributed by atoms with van der Waals surface area (Å²) in [6, 6.07) is 2.10. The maximum Gasteiger partial charge on any atom is 0.161 e. The van der Waals surface area contributed by atoms with E-state index >= 15 is 0 Å². The zero-order chi connectivity index (χ0) is 22.7. The molecule has 1 N–H and O–H groups in total. The van der Waals surface area contributed by atoms with Crippen molar-refractivity contribution in [2.75, 3.05) is 27.2 Å². The minimum absolute atomic E-state index is 0.0171. The Morgan fingerprint density at radius 1 is 1.43 bits per heavy atom. The average Bonchev–Trinajstić information content (AvgIpc) is 2.57. The molecule has 0 amide bonds. The van der Waals surface area contributed by atoms with Gasteiger partial charge in [0.1, 0.15) is 0 Å². The van der Waals surface area contributed by atoms with Gasteiger partial charge < -0.3 is 14.6 Å². The van der Waals surface area contributed by atoms with Crippen molar-refractivity contribution in [1.29, 1.82) is 0 Å². The summed E-state index contributed by atoms with van der Waals surface area (Å²) in [7, 11) is -1.30. The Kier molecular flexibility index (Phi) is 2.88. The van der Waals surface area contributed by atoms with E-state index in [4.69, 9.17) is 19.1 Å². The summed E-state index contributed by atoms with van der Waals surface area (Å²) < 4.78 is 67.2. The number of piperidine rings is 1. The van der Waals surface area contributed by atoms with Gasteiger partial charge in [0.25, 0.3) is 0 Å². The molecule has 4 nitrogen and oxygen atoms in total. The van der Waals surface area contributed by atoms with Crippen LogP contribution in [0.3, 0.4) is 0 Å². The van der Waals surface area contributed by atoms with Crippen molar-refractivity contribution in [3.63, 3.8) is 0 Å². The summed E-state index contributed by atoms with van der Waals surface area (Å²) in [6.45, 7) is 4.25. The molecular formula is C19H29NO3. The largest absolute Gasteiger partial charge is 0.493 e. The van der Waals surface area contributed by atoms with E-state index < -0.39 is 31.4 Å². The second-order valence-corrected chi connectivity index (χ2v) is 6.62. The van der Waals surface area contributed by atoms with Crippen LogP contribution in [-0.2, 0) is 6.42 Å².